The van der Waals surface area contributed by atoms with Gasteiger partial charge in [-0.15, -0.1) is 0 Å². The molecule has 1 saturated heterocycles. The minimum atomic E-state index is -0.604. The van der Waals surface area contributed by atoms with Crippen LogP contribution in [0.3, 0.4) is 0 Å². The summed E-state index contributed by atoms with van der Waals surface area (Å²) in [6.07, 6.45) is 0.0933. The second kappa shape index (κ2) is 7.02. The van der Waals surface area contributed by atoms with Crippen molar-refractivity contribution in [1.29, 1.82) is 0 Å². The fourth-order valence-electron chi connectivity index (χ4n) is 2.36. The van der Waals surface area contributed by atoms with Crippen molar-refractivity contribution in [2.75, 3.05) is 13.7 Å². The normalized spacial score (nSPS) is 22.0. The van der Waals surface area contributed by atoms with Crippen LogP contribution < -0.4 is 5.32 Å². The average Bonchev–Trinajstić information content (AvgIpc) is 2.84. The lowest BCUT2D eigenvalue weighted by atomic mass is 10.1. The maximum absolute atomic E-state index is 11.6. The number of hydrogen-bond acceptors (Lipinski definition) is 5. The molecule has 0 amide bonds. The van der Waals surface area contributed by atoms with Crippen molar-refractivity contribution in [3.63, 3.8) is 0 Å². The standard InChI is InChI=1S/C16H23NO4/c1-16(2)20-11-14(21-16)13(9-15(18)19-3)17-10-12-7-5-4-6-8-12/h4-8,13-14,17H,9-11H2,1-3H3/t13-,14-/m1/s1. The summed E-state index contributed by atoms with van der Waals surface area (Å²) in [6.45, 7) is 4.89. The van der Waals surface area contributed by atoms with Crippen molar-refractivity contribution in [2.24, 2.45) is 0 Å². The van der Waals surface area contributed by atoms with Gasteiger partial charge in [-0.1, -0.05) is 30.3 Å². The molecular formula is C16H23NO4. The Balaban J connectivity index is 1.97. The number of nitrogens with one attached hydrogen (secondary N) is 1. The minimum Gasteiger partial charge on any atom is -0.469 e. The van der Waals surface area contributed by atoms with Gasteiger partial charge in [0, 0.05) is 12.6 Å². The molecule has 0 aliphatic carbocycles. The summed E-state index contributed by atoms with van der Waals surface area (Å²) in [4.78, 5) is 11.6. The van der Waals surface area contributed by atoms with Crippen LogP contribution >= 0.6 is 0 Å². The maximum Gasteiger partial charge on any atom is 0.307 e. The zero-order valence-electron chi connectivity index (χ0n) is 12.8. The molecule has 1 aliphatic heterocycles. The van der Waals surface area contributed by atoms with Crippen LogP contribution in [-0.4, -0.2) is 37.6 Å². The summed E-state index contributed by atoms with van der Waals surface area (Å²) in [7, 11) is 1.40. The Kier molecular flexibility index (Phi) is 5.33. The van der Waals surface area contributed by atoms with Gasteiger partial charge in [-0.3, -0.25) is 4.79 Å². The molecule has 5 heteroatoms. The Morgan fingerprint density at radius 1 is 1.43 bits per heavy atom. The molecule has 5 nitrogen and oxygen atoms in total. The van der Waals surface area contributed by atoms with Crippen LogP contribution in [0.25, 0.3) is 0 Å². The van der Waals surface area contributed by atoms with E-state index >= 15 is 0 Å². The van der Waals surface area contributed by atoms with Crippen molar-refractivity contribution >= 4 is 5.97 Å². The highest BCUT2D eigenvalue weighted by atomic mass is 16.7. The lowest BCUT2D eigenvalue weighted by Crippen LogP contribution is -2.43. The van der Waals surface area contributed by atoms with Gasteiger partial charge < -0.3 is 19.5 Å². The van der Waals surface area contributed by atoms with Gasteiger partial charge in [-0.25, -0.2) is 0 Å². The highest BCUT2D eigenvalue weighted by Gasteiger charge is 2.38. The monoisotopic (exact) mass is 293 g/mol. The molecule has 2 rings (SSSR count). The summed E-state index contributed by atoms with van der Waals surface area (Å²) in [5, 5.41) is 3.38. The van der Waals surface area contributed by atoms with Crippen LogP contribution in [0.1, 0.15) is 25.8 Å². The first-order valence-corrected chi connectivity index (χ1v) is 7.16. The molecule has 0 saturated carbocycles. The van der Waals surface area contributed by atoms with Crippen LogP contribution in [0.4, 0.5) is 0 Å². The largest absolute Gasteiger partial charge is 0.469 e. The van der Waals surface area contributed by atoms with E-state index in [2.05, 4.69) is 5.32 Å². The van der Waals surface area contributed by atoms with Crippen LogP contribution in [-0.2, 0) is 25.5 Å². The van der Waals surface area contributed by atoms with E-state index in [-0.39, 0.29) is 24.5 Å². The molecule has 116 valence electrons. The number of ether oxygens (including phenoxy) is 3. The van der Waals surface area contributed by atoms with E-state index in [0.29, 0.717) is 13.2 Å². The zero-order valence-corrected chi connectivity index (χ0v) is 12.8. The molecule has 2 atom stereocenters. The Bertz CT molecular complexity index is 461. The lowest BCUT2D eigenvalue weighted by Gasteiger charge is -2.24. The van der Waals surface area contributed by atoms with Crippen molar-refractivity contribution in [3.05, 3.63) is 35.9 Å². The van der Waals surface area contributed by atoms with Crippen LogP contribution in [0.5, 0.6) is 0 Å². The lowest BCUT2D eigenvalue weighted by molar-refractivity contribution is -0.149. The molecular weight excluding hydrogens is 270 g/mol. The predicted octanol–water partition coefficient (Wildman–Crippen LogP) is 1.86. The first kappa shape index (κ1) is 15.9. The first-order chi connectivity index (χ1) is 10.00. The Hall–Kier alpha value is -1.43. The van der Waals surface area contributed by atoms with Crippen molar-refractivity contribution in [1.82, 2.24) is 5.32 Å². The van der Waals surface area contributed by atoms with E-state index in [1.54, 1.807) is 0 Å². The zero-order chi connectivity index (χ0) is 15.3. The predicted molar refractivity (Wildman–Crippen MR) is 78.6 cm³/mol. The van der Waals surface area contributed by atoms with Crippen molar-refractivity contribution < 1.29 is 19.0 Å². The summed E-state index contributed by atoms with van der Waals surface area (Å²) in [5.74, 6) is -0.859. The number of benzene rings is 1. The van der Waals surface area contributed by atoms with Crippen LogP contribution in [0.2, 0.25) is 0 Å². The number of carbonyl (C=O) groups is 1. The number of methoxy groups -OCH3 is 1. The van der Waals surface area contributed by atoms with E-state index in [1.807, 2.05) is 44.2 Å². The summed E-state index contributed by atoms with van der Waals surface area (Å²) in [5.41, 5.74) is 1.16. The van der Waals surface area contributed by atoms with E-state index in [9.17, 15) is 4.79 Å². The maximum atomic E-state index is 11.6. The van der Waals surface area contributed by atoms with E-state index < -0.39 is 5.79 Å². The second-order valence-corrected chi connectivity index (χ2v) is 5.62. The highest BCUT2D eigenvalue weighted by Crippen LogP contribution is 2.25. The topological polar surface area (TPSA) is 56.8 Å². The number of hydrogen-bond donors (Lipinski definition) is 1. The van der Waals surface area contributed by atoms with Gasteiger partial charge in [0.05, 0.1) is 20.1 Å². The molecule has 1 fully saturated rings. The molecule has 0 spiro atoms. The number of carbonyl (C=O) groups excluding carboxylic acids is 1. The van der Waals surface area contributed by atoms with E-state index in [1.165, 1.54) is 7.11 Å². The van der Waals surface area contributed by atoms with Gasteiger partial charge in [0.2, 0.25) is 0 Å². The van der Waals surface area contributed by atoms with Gasteiger partial charge in [-0.2, -0.15) is 0 Å². The highest BCUT2D eigenvalue weighted by molar-refractivity contribution is 5.70. The summed E-state index contributed by atoms with van der Waals surface area (Å²) in [6, 6.07) is 9.90. The molecule has 0 radical (unpaired) electrons. The average molecular weight is 293 g/mol. The van der Waals surface area contributed by atoms with Gasteiger partial charge in [0.25, 0.3) is 0 Å². The van der Waals surface area contributed by atoms with Gasteiger partial charge in [0.1, 0.15) is 6.10 Å². The third-order valence-electron chi connectivity index (χ3n) is 3.50. The van der Waals surface area contributed by atoms with Gasteiger partial charge in [-0.05, 0) is 19.4 Å². The molecule has 21 heavy (non-hydrogen) atoms. The first-order valence-electron chi connectivity index (χ1n) is 7.16. The Morgan fingerprint density at radius 3 is 2.71 bits per heavy atom. The molecule has 0 unspecified atom stereocenters. The molecule has 1 aliphatic rings. The molecule has 1 heterocycles. The smallest absolute Gasteiger partial charge is 0.307 e. The molecule has 0 aromatic heterocycles. The number of rotatable bonds is 6. The van der Waals surface area contributed by atoms with Gasteiger partial charge >= 0.3 is 5.97 Å². The third kappa shape index (κ3) is 4.81. The van der Waals surface area contributed by atoms with Crippen LogP contribution in [0, 0.1) is 0 Å². The van der Waals surface area contributed by atoms with E-state index in [0.717, 1.165) is 5.56 Å². The second-order valence-electron chi connectivity index (χ2n) is 5.62. The third-order valence-corrected chi connectivity index (χ3v) is 3.50. The van der Waals surface area contributed by atoms with Crippen molar-refractivity contribution in [2.45, 2.75) is 44.7 Å². The summed E-state index contributed by atoms with van der Waals surface area (Å²) >= 11 is 0. The summed E-state index contributed by atoms with van der Waals surface area (Å²) < 4.78 is 16.2. The molecule has 1 aromatic carbocycles. The Labute approximate surface area is 125 Å². The molecule has 1 aromatic rings. The fraction of sp³-hybridized carbons (Fsp3) is 0.562. The quantitative estimate of drug-likeness (QED) is 0.811. The van der Waals surface area contributed by atoms with Crippen molar-refractivity contribution in [3.8, 4) is 0 Å². The SMILES string of the molecule is COC(=O)C[C@@H](NCc1ccccc1)[C@H]1COC(C)(C)O1. The van der Waals surface area contributed by atoms with Gasteiger partial charge in [0.15, 0.2) is 5.79 Å². The Morgan fingerprint density at radius 2 is 2.14 bits per heavy atom. The molecule has 1 N–H and O–H groups in total. The molecule has 0 bridgehead atoms. The minimum absolute atomic E-state index is 0.139. The fourth-order valence-corrected chi connectivity index (χ4v) is 2.36. The van der Waals surface area contributed by atoms with E-state index in [4.69, 9.17) is 14.2 Å². The van der Waals surface area contributed by atoms with Crippen LogP contribution in [0.15, 0.2) is 30.3 Å². The number of esters is 1.